The van der Waals surface area contributed by atoms with Crippen LogP contribution in [0.4, 0.5) is 4.79 Å². The first-order valence-corrected chi connectivity index (χ1v) is 6.25. The average Bonchev–Trinajstić information content (AvgIpc) is 2.84. The number of amides is 3. The Bertz CT molecular complexity index is 362. The van der Waals surface area contributed by atoms with Crippen molar-refractivity contribution in [3.8, 4) is 0 Å². The Morgan fingerprint density at radius 2 is 2.05 bits per heavy atom. The Balaban J connectivity index is 2.03. The molecule has 0 aromatic carbocycles. The van der Waals surface area contributed by atoms with E-state index >= 15 is 0 Å². The summed E-state index contributed by atoms with van der Waals surface area (Å²) in [6, 6.07) is -0.407. The summed E-state index contributed by atoms with van der Waals surface area (Å²) in [6.45, 7) is 0.479. The molecule has 9 heteroatoms. The van der Waals surface area contributed by atoms with Gasteiger partial charge in [0.05, 0.1) is 12.7 Å². The van der Waals surface area contributed by atoms with E-state index in [-0.39, 0.29) is 32.4 Å². The fraction of sp³-hybridized carbons (Fsp3) is 0.727. The lowest BCUT2D eigenvalue weighted by Gasteiger charge is -2.13. The number of hydrogen-bond acceptors (Lipinski definition) is 5. The van der Waals surface area contributed by atoms with Crippen molar-refractivity contribution in [1.82, 2.24) is 10.6 Å². The van der Waals surface area contributed by atoms with Gasteiger partial charge in [-0.3, -0.25) is 4.79 Å². The minimum atomic E-state index is -0.983. The van der Waals surface area contributed by atoms with Crippen LogP contribution in [0.3, 0.4) is 0 Å². The molecule has 0 radical (unpaired) electrons. The maximum absolute atomic E-state index is 11.4. The summed E-state index contributed by atoms with van der Waals surface area (Å²) >= 11 is 0. The molecular formula is C11H19N3O6. The Hall–Kier alpha value is -1.87. The molecule has 1 rings (SSSR count). The van der Waals surface area contributed by atoms with Gasteiger partial charge in [-0.15, -0.1) is 0 Å². The van der Waals surface area contributed by atoms with Crippen molar-refractivity contribution in [2.24, 2.45) is 5.73 Å². The second kappa shape index (κ2) is 8.33. The summed E-state index contributed by atoms with van der Waals surface area (Å²) in [5.74, 6) is -1.55. The van der Waals surface area contributed by atoms with Crippen LogP contribution in [0.15, 0.2) is 0 Å². The largest absolute Gasteiger partial charge is 0.479 e. The van der Waals surface area contributed by atoms with Gasteiger partial charge in [0.25, 0.3) is 0 Å². The van der Waals surface area contributed by atoms with Gasteiger partial charge in [-0.25, -0.2) is 9.59 Å². The molecule has 1 saturated heterocycles. The first-order valence-electron chi connectivity index (χ1n) is 6.25. The molecule has 0 spiro atoms. The highest BCUT2D eigenvalue weighted by Gasteiger charge is 2.30. The molecular weight excluding hydrogens is 270 g/mol. The van der Waals surface area contributed by atoms with Crippen LogP contribution in [0.1, 0.15) is 12.8 Å². The van der Waals surface area contributed by atoms with Crippen LogP contribution in [-0.2, 0) is 19.1 Å². The predicted molar refractivity (Wildman–Crippen MR) is 66.9 cm³/mol. The number of urea groups is 1. The van der Waals surface area contributed by atoms with Crippen LogP contribution in [-0.4, -0.2) is 61.5 Å². The lowest BCUT2D eigenvalue weighted by atomic mass is 10.2. The molecule has 20 heavy (non-hydrogen) atoms. The maximum Gasteiger partial charge on any atom is 0.332 e. The third-order valence-corrected chi connectivity index (χ3v) is 2.65. The molecule has 1 aliphatic heterocycles. The Labute approximate surface area is 115 Å². The third kappa shape index (κ3) is 6.34. The van der Waals surface area contributed by atoms with E-state index in [9.17, 15) is 14.4 Å². The van der Waals surface area contributed by atoms with Crippen molar-refractivity contribution in [1.29, 1.82) is 0 Å². The highest BCUT2D eigenvalue weighted by molar-refractivity contribution is 5.75. The number of carbonyl (C=O) groups excluding carboxylic acids is 2. The van der Waals surface area contributed by atoms with E-state index in [1.807, 2.05) is 0 Å². The standard InChI is InChI=1S/C11H19N3O6/c12-9(15)6-19-4-3-13-11(18)14-5-7-1-2-8(20-7)10(16)17/h7-8H,1-6H2,(H2,12,15)(H,16,17)(H2,13,14,18). The van der Waals surface area contributed by atoms with Crippen LogP contribution in [0.2, 0.25) is 0 Å². The minimum Gasteiger partial charge on any atom is -0.479 e. The molecule has 2 unspecified atom stereocenters. The van der Waals surface area contributed by atoms with E-state index in [0.29, 0.717) is 12.8 Å². The molecule has 1 fully saturated rings. The number of ether oxygens (including phenoxy) is 2. The number of aliphatic carboxylic acids is 1. The van der Waals surface area contributed by atoms with Crippen LogP contribution in [0, 0.1) is 0 Å². The molecule has 2 atom stereocenters. The van der Waals surface area contributed by atoms with Crippen molar-refractivity contribution in [3.63, 3.8) is 0 Å². The van der Waals surface area contributed by atoms with Gasteiger partial charge in [0, 0.05) is 13.1 Å². The van der Waals surface area contributed by atoms with Gasteiger partial charge < -0.3 is 30.9 Å². The van der Waals surface area contributed by atoms with E-state index in [2.05, 4.69) is 10.6 Å². The normalized spacial score (nSPS) is 21.4. The van der Waals surface area contributed by atoms with Crippen LogP contribution >= 0.6 is 0 Å². The summed E-state index contributed by atoms with van der Waals surface area (Å²) in [6.07, 6.45) is -0.0246. The van der Waals surface area contributed by atoms with E-state index in [0.717, 1.165) is 0 Å². The van der Waals surface area contributed by atoms with E-state index in [1.54, 1.807) is 0 Å². The summed E-state index contributed by atoms with van der Waals surface area (Å²) in [5, 5.41) is 13.8. The fourth-order valence-electron chi connectivity index (χ4n) is 1.72. The zero-order valence-electron chi connectivity index (χ0n) is 11.0. The number of carboxylic acids is 1. The SMILES string of the molecule is NC(=O)COCCNC(=O)NCC1CCC(C(=O)O)O1. The number of primary amides is 1. The highest BCUT2D eigenvalue weighted by Crippen LogP contribution is 2.18. The zero-order chi connectivity index (χ0) is 15.0. The van der Waals surface area contributed by atoms with Crippen LogP contribution < -0.4 is 16.4 Å². The molecule has 3 amide bonds. The Morgan fingerprint density at radius 3 is 2.65 bits per heavy atom. The van der Waals surface area contributed by atoms with Gasteiger partial charge >= 0.3 is 12.0 Å². The second-order valence-electron chi connectivity index (χ2n) is 4.32. The minimum absolute atomic E-state index is 0.178. The van der Waals surface area contributed by atoms with Crippen molar-refractivity contribution >= 4 is 17.9 Å². The Morgan fingerprint density at radius 1 is 1.30 bits per heavy atom. The van der Waals surface area contributed by atoms with Crippen LogP contribution in [0.5, 0.6) is 0 Å². The van der Waals surface area contributed by atoms with Crippen molar-refractivity contribution in [2.45, 2.75) is 25.0 Å². The zero-order valence-corrected chi connectivity index (χ0v) is 11.0. The number of hydrogen-bond donors (Lipinski definition) is 4. The molecule has 1 aliphatic rings. The molecule has 0 bridgehead atoms. The lowest BCUT2D eigenvalue weighted by Crippen LogP contribution is -2.41. The van der Waals surface area contributed by atoms with Gasteiger partial charge in [-0.05, 0) is 12.8 Å². The summed E-state index contributed by atoms with van der Waals surface area (Å²) in [5.41, 5.74) is 4.87. The monoisotopic (exact) mass is 289 g/mol. The fourth-order valence-corrected chi connectivity index (χ4v) is 1.72. The molecule has 0 aromatic rings. The van der Waals surface area contributed by atoms with Gasteiger partial charge in [0.2, 0.25) is 5.91 Å². The molecule has 0 aliphatic carbocycles. The van der Waals surface area contributed by atoms with Gasteiger partial charge in [0.1, 0.15) is 6.61 Å². The Kier molecular flexibility index (Phi) is 6.74. The van der Waals surface area contributed by atoms with Crippen molar-refractivity contribution < 1.29 is 29.0 Å². The molecule has 9 nitrogen and oxygen atoms in total. The predicted octanol–water partition coefficient (Wildman–Crippen LogP) is -1.58. The number of rotatable bonds is 8. The maximum atomic E-state index is 11.4. The first-order chi connectivity index (χ1) is 9.49. The second-order valence-corrected chi connectivity index (χ2v) is 4.32. The number of carbonyl (C=O) groups is 3. The lowest BCUT2D eigenvalue weighted by molar-refractivity contribution is -0.149. The third-order valence-electron chi connectivity index (χ3n) is 2.65. The first kappa shape index (κ1) is 16.2. The number of nitrogens with one attached hydrogen (secondary N) is 2. The van der Waals surface area contributed by atoms with E-state index in [4.69, 9.17) is 20.3 Å². The van der Waals surface area contributed by atoms with Gasteiger partial charge in [-0.2, -0.15) is 0 Å². The highest BCUT2D eigenvalue weighted by atomic mass is 16.5. The van der Waals surface area contributed by atoms with Gasteiger partial charge in [0.15, 0.2) is 6.10 Å². The van der Waals surface area contributed by atoms with Crippen LogP contribution in [0.25, 0.3) is 0 Å². The molecule has 0 aromatic heterocycles. The van der Waals surface area contributed by atoms with E-state index in [1.165, 1.54) is 0 Å². The van der Waals surface area contributed by atoms with Crippen molar-refractivity contribution in [3.05, 3.63) is 0 Å². The molecule has 114 valence electrons. The summed E-state index contributed by atoms with van der Waals surface area (Å²) in [4.78, 5) is 32.4. The molecule has 0 saturated carbocycles. The topological polar surface area (TPSA) is 140 Å². The van der Waals surface area contributed by atoms with Crippen molar-refractivity contribution in [2.75, 3.05) is 26.3 Å². The number of nitrogens with two attached hydrogens (primary N) is 1. The molecule has 1 heterocycles. The van der Waals surface area contributed by atoms with Gasteiger partial charge in [-0.1, -0.05) is 0 Å². The molecule has 5 N–H and O–H groups in total. The van der Waals surface area contributed by atoms with E-state index < -0.39 is 24.0 Å². The summed E-state index contributed by atoms with van der Waals surface area (Å²) < 4.78 is 10.1. The summed E-state index contributed by atoms with van der Waals surface area (Å²) in [7, 11) is 0. The smallest absolute Gasteiger partial charge is 0.332 e. The quantitative estimate of drug-likeness (QED) is 0.397. The average molecular weight is 289 g/mol. The number of carboxylic acid groups (broad SMARTS) is 1.